The predicted molar refractivity (Wildman–Crippen MR) is 108 cm³/mol. The van der Waals surface area contributed by atoms with Crippen molar-refractivity contribution in [2.45, 2.75) is 47.2 Å². The zero-order valence-electron chi connectivity index (χ0n) is 16.3. The van der Waals surface area contributed by atoms with Crippen molar-refractivity contribution < 1.29 is 9.59 Å². The van der Waals surface area contributed by atoms with Crippen molar-refractivity contribution in [2.24, 2.45) is 5.41 Å². The van der Waals surface area contributed by atoms with Gasteiger partial charge < -0.3 is 5.32 Å². The largest absolute Gasteiger partial charge is 0.352 e. The second-order valence-corrected chi connectivity index (χ2v) is 8.64. The molecule has 7 heteroatoms. The molecule has 0 bridgehead atoms. The van der Waals surface area contributed by atoms with E-state index in [0.717, 1.165) is 0 Å². The summed E-state index contributed by atoms with van der Waals surface area (Å²) in [6.07, 6.45) is 4.76. The van der Waals surface area contributed by atoms with E-state index in [1.807, 2.05) is 40.7 Å². The van der Waals surface area contributed by atoms with E-state index in [-0.39, 0.29) is 29.8 Å². The third-order valence-corrected chi connectivity index (χ3v) is 4.71. The van der Waals surface area contributed by atoms with Crippen molar-refractivity contribution >= 4 is 35.2 Å². The van der Waals surface area contributed by atoms with Crippen molar-refractivity contribution in [1.29, 1.82) is 0 Å². The topological polar surface area (TPSA) is 81.1 Å². The predicted octanol–water partition coefficient (Wildman–Crippen LogP) is 1.05. The molecule has 0 saturated carbocycles. The molecule has 0 spiro atoms. The highest BCUT2D eigenvalue weighted by atomic mass is 32.1. The maximum atomic E-state index is 12.8. The molecule has 144 valence electrons. The van der Waals surface area contributed by atoms with Gasteiger partial charge in [-0.25, -0.2) is 0 Å². The van der Waals surface area contributed by atoms with E-state index in [9.17, 15) is 14.4 Å². The molecule has 6 nitrogen and oxygen atoms in total. The van der Waals surface area contributed by atoms with Crippen LogP contribution in [0.2, 0.25) is 0 Å². The number of rotatable bonds is 5. The minimum absolute atomic E-state index is 0.0324. The molecule has 0 aliphatic rings. The molecular formula is C20H25N3O3S. The summed E-state index contributed by atoms with van der Waals surface area (Å²) in [5, 5.41) is 2.77. The van der Waals surface area contributed by atoms with Gasteiger partial charge in [-0.05, 0) is 32.1 Å². The van der Waals surface area contributed by atoms with E-state index in [0.29, 0.717) is 14.9 Å². The summed E-state index contributed by atoms with van der Waals surface area (Å²) in [5.41, 5.74) is -0.239. The molecule has 0 aliphatic heterocycles. The minimum atomic E-state index is -0.573. The van der Waals surface area contributed by atoms with Crippen molar-refractivity contribution in [1.82, 2.24) is 14.9 Å². The Labute approximate surface area is 162 Å². The number of pyridine rings is 1. The van der Waals surface area contributed by atoms with Gasteiger partial charge in [0.05, 0.1) is 10.2 Å². The summed E-state index contributed by atoms with van der Waals surface area (Å²) in [4.78, 5) is 41.7. The van der Waals surface area contributed by atoms with Crippen LogP contribution in [0, 0.1) is 5.41 Å². The summed E-state index contributed by atoms with van der Waals surface area (Å²) in [6.45, 7) is 9.01. The van der Waals surface area contributed by atoms with Crippen LogP contribution in [0.4, 0.5) is 0 Å². The third kappa shape index (κ3) is 5.72. The Kier molecular flexibility index (Phi) is 6.49. The first kappa shape index (κ1) is 20.8. The number of nitrogens with one attached hydrogen (secondary N) is 1. The van der Waals surface area contributed by atoms with Crippen LogP contribution in [0.3, 0.4) is 0 Å². The average molecular weight is 388 g/mol. The molecule has 1 N–H and O–H groups in total. The normalized spacial score (nSPS) is 13.3. The smallest absolute Gasteiger partial charge is 0.269 e. The number of amides is 1. The van der Waals surface area contributed by atoms with Crippen LogP contribution in [0.25, 0.3) is 12.2 Å². The van der Waals surface area contributed by atoms with Gasteiger partial charge in [0.15, 0.2) is 5.78 Å². The highest BCUT2D eigenvalue weighted by Crippen LogP contribution is 2.14. The number of thiazole rings is 1. The summed E-state index contributed by atoms with van der Waals surface area (Å²) < 4.78 is 2.24. The fourth-order valence-electron chi connectivity index (χ4n) is 2.23. The van der Waals surface area contributed by atoms with Gasteiger partial charge in [0.2, 0.25) is 5.91 Å². The maximum absolute atomic E-state index is 12.8. The lowest BCUT2D eigenvalue weighted by Crippen LogP contribution is -2.40. The van der Waals surface area contributed by atoms with E-state index >= 15 is 0 Å². The molecule has 0 aromatic carbocycles. The SMILES string of the molecule is CC(C)NC(=O)Cn1c(=O)/c(=C\c2ccccn2)s/c1=C\C(=O)C(C)(C)C. The average Bonchev–Trinajstić information content (AvgIpc) is 2.83. The monoisotopic (exact) mass is 387 g/mol. The Morgan fingerprint density at radius 3 is 2.56 bits per heavy atom. The molecule has 0 radical (unpaired) electrons. The molecule has 2 aromatic heterocycles. The van der Waals surface area contributed by atoms with Crippen LogP contribution in [-0.2, 0) is 16.1 Å². The lowest BCUT2D eigenvalue weighted by Gasteiger charge is -2.13. The summed E-state index contributed by atoms with van der Waals surface area (Å²) in [6, 6.07) is 5.38. The first-order valence-electron chi connectivity index (χ1n) is 8.76. The number of nitrogens with zero attached hydrogens (tertiary/aromatic N) is 2. The Morgan fingerprint density at radius 1 is 1.30 bits per heavy atom. The van der Waals surface area contributed by atoms with Crippen LogP contribution in [0.5, 0.6) is 0 Å². The standard InChI is InChI=1S/C20H25N3O3S/c1-13(2)22-17(25)12-23-18(11-16(24)20(3,4)5)27-15(19(23)26)10-14-8-6-7-9-21-14/h6-11,13H,12H2,1-5H3,(H,22,25)/b15-10+,18-11-. The van der Waals surface area contributed by atoms with Gasteiger partial charge in [-0.1, -0.05) is 26.8 Å². The number of hydrogen-bond acceptors (Lipinski definition) is 5. The van der Waals surface area contributed by atoms with Crippen molar-refractivity contribution in [3.05, 3.63) is 49.6 Å². The van der Waals surface area contributed by atoms with Gasteiger partial charge in [0, 0.05) is 23.7 Å². The Hall–Kier alpha value is -2.54. The zero-order chi connectivity index (χ0) is 20.2. The van der Waals surface area contributed by atoms with Gasteiger partial charge in [0.25, 0.3) is 5.56 Å². The second-order valence-electron chi connectivity index (χ2n) is 7.58. The van der Waals surface area contributed by atoms with Gasteiger partial charge >= 0.3 is 0 Å². The van der Waals surface area contributed by atoms with E-state index in [4.69, 9.17) is 0 Å². The van der Waals surface area contributed by atoms with Crippen LogP contribution in [-0.4, -0.2) is 27.3 Å². The number of ketones is 1. The number of carbonyl (C=O) groups excluding carboxylic acids is 2. The summed E-state index contributed by atoms with van der Waals surface area (Å²) in [5.74, 6) is -0.377. The molecule has 0 atom stereocenters. The van der Waals surface area contributed by atoms with Crippen LogP contribution < -0.4 is 20.1 Å². The molecule has 2 rings (SSSR count). The quantitative estimate of drug-likeness (QED) is 0.832. The fraction of sp³-hybridized carbons (Fsp3) is 0.400. The van der Waals surface area contributed by atoms with E-state index < -0.39 is 5.41 Å². The van der Waals surface area contributed by atoms with Gasteiger partial charge in [-0.2, -0.15) is 0 Å². The minimum Gasteiger partial charge on any atom is -0.352 e. The number of Topliss-reactive ketones (excluding diaryl/α,β-unsaturated/α-hetero) is 1. The third-order valence-electron chi connectivity index (χ3n) is 3.65. The van der Waals surface area contributed by atoms with Crippen LogP contribution in [0.15, 0.2) is 29.2 Å². The van der Waals surface area contributed by atoms with E-state index in [2.05, 4.69) is 10.3 Å². The molecule has 2 aromatic rings. The van der Waals surface area contributed by atoms with Crippen LogP contribution in [0.1, 0.15) is 40.3 Å². The lowest BCUT2D eigenvalue weighted by atomic mass is 9.91. The summed E-state index contributed by atoms with van der Waals surface area (Å²) >= 11 is 1.18. The highest BCUT2D eigenvalue weighted by molar-refractivity contribution is 7.07. The summed E-state index contributed by atoms with van der Waals surface area (Å²) in [7, 11) is 0. The second kappa shape index (κ2) is 8.43. The van der Waals surface area contributed by atoms with E-state index in [1.54, 1.807) is 24.4 Å². The molecule has 0 unspecified atom stereocenters. The highest BCUT2D eigenvalue weighted by Gasteiger charge is 2.20. The Bertz CT molecular complexity index is 996. The molecule has 2 heterocycles. The van der Waals surface area contributed by atoms with Crippen LogP contribution >= 0.6 is 11.3 Å². The van der Waals surface area contributed by atoms with Crippen molar-refractivity contribution in [2.75, 3.05) is 0 Å². The van der Waals surface area contributed by atoms with Gasteiger partial charge in [0.1, 0.15) is 11.2 Å². The van der Waals surface area contributed by atoms with Gasteiger partial charge in [-0.3, -0.25) is 23.9 Å². The molecule has 0 saturated heterocycles. The number of carbonyl (C=O) groups is 2. The lowest BCUT2D eigenvalue weighted by molar-refractivity contribution is -0.122. The molecule has 0 fully saturated rings. The number of hydrogen-bond donors (Lipinski definition) is 1. The Morgan fingerprint density at radius 2 is 2.00 bits per heavy atom. The van der Waals surface area contributed by atoms with Crippen molar-refractivity contribution in [3.8, 4) is 0 Å². The first-order valence-corrected chi connectivity index (χ1v) is 9.57. The zero-order valence-corrected chi connectivity index (χ0v) is 17.1. The van der Waals surface area contributed by atoms with E-state index in [1.165, 1.54) is 22.0 Å². The number of aromatic nitrogens is 2. The molecule has 0 aliphatic carbocycles. The molecule has 1 amide bonds. The van der Waals surface area contributed by atoms with Crippen molar-refractivity contribution in [3.63, 3.8) is 0 Å². The molecule has 27 heavy (non-hydrogen) atoms. The molecular weight excluding hydrogens is 362 g/mol. The van der Waals surface area contributed by atoms with Gasteiger partial charge in [-0.15, -0.1) is 11.3 Å². The first-order chi connectivity index (χ1) is 12.6. The fourth-order valence-corrected chi connectivity index (χ4v) is 3.25. The Balaban J connectivity index is 2.60. The maximum Gasteiger partial charge on any atom is 0.269 e.